The average Bonchev–Trinajstić information content (AvgIpc) is 3.19. The molecule has 3 heterocycles. The monoisotopic (exact) mass is 354 g/mol. The maximum atomic E-state index is 12.5. The lowest BCUT2D eigenvalue weighted by atomic mass is 10.2. The molecule has 128 valence electrons. The Labute approximate surface area is 148 Å². The molecule has 0 aliphatic carbocycles. The minimum absolute atomic E-state index is 0.0739. The first-order valence-corrected chi connectivity index (χ1v) is 9.10. The van der Waals surface area contributed by atoms with Gasteiger partial charge in [0.15, 0.2) is 0 Å². The maximum Gasteiger partial charge on any atom is 0.275 e. The standard InChI is InChI=1S/C18H18N4O2S/c23-17-15-5-2-1-4-14(15)12-19-22(17)13-20-7-9-21(10-8-20)18(24)16-6-3-11-25-16/h1-6,11-12H,7-10,13H2. The Hall–Kier alpha value is -2.51. The van der Waals surface area contributed by atoms with Gasteiger partial charge < -0.3 is 4.90 Å². The Balaban J connectivity index is 1.43. The van der Waals surface area contributed by atoms with Crippen LogP contribution in [-0.4, -0.2) is 51.7 Å². The number of carbonyl (C=O) groups excluding carboxylic acids is 1. The molecule has 3 aromatic rings. The van der Waals surface area contributed by atoms with Gasteiger partial charge in [-0.2, -0.15) is 5.10 Å². The van der Waals surface area contributed by atoms with E-state index >= 15 is 0 Å². The summed E-state index contributed by atoms with van der Waals surface area (Å²) in [6, 6.07) is 11.2. The van der Waals surface area contributed by atoms with Crippen molar-refractivity contribution in [3.63, 3.8) is 0 Å². The molecule has 0 unspecified atom stereocenters. The summed E-state index contributed by atoms with van der Waals surface area (Å²) in [4.78, 5) is 29.7. The summed E-state index contributed by atoms with van der Waals surface area (Å²) < 4.78 is 1.50. The van der Waals surface area contributed by atoms with Crippen LogP contribution < -0.4 is 5.56 Å². The molecule has 7 heteroatoms. The van der Waals surface area contributed by atoms with Crippen LogP contribution in [0, 0.1) is 0 Å². The first kappa shape index (κ1) is 16.0. The summed E-state index contributed by atoms with van der Waals surface area (Å²) in [5.74, 6) is 0.0932. The minimum Gasteiger partial charge on any atom is -0.335 e. The summed E-state index contributed by atoms with van der Waals surface area (Å²) in [6.45, 7) is 3.25. The molecule has 0 bridgehead atoms. The molecule has 0 spiro atoms. The smallest absolute Gasteiger partial charge is 0.275 e. The largest absolute Gasteiger partial charge is 0.335 e. The Morgan fingerprint density at radius 3 is 2.64 bits per heavy atom. The molecule has 1 fully saturated rings. The Morgan fingerprint density at radius 1 is 1.08 bits per heavy atom. The molecule has 2 aromatic heterocycles. The van der Waals surface area contributed by atoms with Crippen molar-refractivity contribution in [2.75, 3.05) is 26.2 Å². The molecule has 1 aliphatic heterocycles. The van der Waals surface area contributed by atoms with E-state index in [9.17, 15) is 9.59 Å². The van der Waals surface area contributed by atoms with E-state index in [2.05, 4.69) is 10.00 Å². The van der Waals surface area contributed by atoms with Crippen molar-refractivity contribution in [2.45, 2.75) is 6.67 Å². The summed E-state index contributed by atoms with van der Waals surface area (Å²) in [5, 5.41) is 7.74. The van der Waals surface area contributed by atoms with Gasteiger partial charge in [-0.15, -0.1) is 11.3 Å². The van der Waals surface area contributed by atoms with Crippen molar-refractivity contribution >= 4 is 28.0 Å². The number of fused-ring (bicyclic) bond motifs is 1. The lowest BCUT2D eigenvalue weighted by Gasteiger charge is -2.34. The molecule has 0 atom stereocenters. The second-order valence-electron chi connectivity index (χ2n) is 6.07. The number of hydrogen-bond acceptors (Lipinski definition) is 5. The van der Waals surface area contributed by atoms with E-state index in [1.54, 1.807) is 6.20 Å². The van der Waals surface area contributed by atoms with E-state index < -0.39 is 0 Å². The molecule has 1 aliphatic rings. The molecular formula is C18H18N4O2S. The van der Waals surface area contributed by atoms with E-state index in [1.165, 1.54) is 16.0 Å². The Kier molecular flexibility index (Phi) is 4.33. The van der Waals surface area contributed by atoms with E-state index in [-0.39, 0.29) is 11.5 Å². The zero-order chi connectivity index (χ0) is 17.2. The van der Waals surface area contributed by atoms with Crippen molar-refractivity contribution in [1.29, 1.82) is 0 Å². The van der Waals surface area contributed by atoms with Crippen molar-refractivity contribution in [3.8, 4) is 0 Å². The molecule has 1 amide bonds. The Morgan fingerprint density at radius 2 is 1.88 bits per heavy atom. The molecule has 6 nitrogen and oxygen atoms in total. The zero-order valence-electron chi connectivity index (χ0n) is 13.7. The van der Waals surface area contributed by atoms with Crippen LogP contribution in [-0.2, 0) is 6.67 Å². The van der Waals surface area contributed by atoms with Crippen LogP contribution in [0.5, 0.6) is 0 Å². The van der Waals surface area contributed by atoms with Crippen LogP contribution in [0.15, 0.2) is 52.8 Å². The first-order chi connectivity index (χ1) is 12.2. The lowest BCUT2D eigenvalue weighted by molar-refractivity contribution is 0.0588. The van der Waals surface area contributed by atoms with Crippen molar-refractivity contribution < 1.29 is 4.79 Å². The van der Waals surface area contributed by atoms with Crippen molar-refractivity contribution in [1.82, 2.24) is 19.6 Å². The first-order valence-electron chi connectivity index (χ1n) is 8.22. The van der Waals surface area contributed by atoms with Gasteiger partial charge in [0, 0.05) is 31.6 Å². The fourth-order valence-corrected chi connectivity index (χ4v) is 3.76. The average molecular weight is 354 g/mol. The fraction of sp³-hybridized carbons (Fsp3) is 0.278. The number of amides is 1. The summed E-state index contributed by atoms with van der Waals surface area (Å²) in [7, 11) is 0. The van der Waals surface area contributed by atoms with Crippen LogP contribution >= 0.6 is 11.3 Å². The van der Waals surface area contributed by atoms with Gasteiger partial charge in [-0.3, -0.25) is 14.5 Å². The second kappa shape index (κ2) is 6.78. The number of aromatic nitrogens is 2. The van der Waals surface area contributed by atoms with Gasteiger partial charge in [0.2, 0.25) is 0 Å². The third-order valence-corrected chi connectivity index (χ3v) is 5.35. The molecule has 0 saturated carbocycles. The third-order valence-electron chi connectivity index (χ3n) is 4.49. The highest BCUT2D eigenvalue weighted by Gasteiger charge is 2.23. The van der Waals surface area contributed by atoms with Crippen molar-refractivity contribution in [3.05, 3.63) is 63.2 Å². The number of benzene rings is 1. The predicted molar refractivity (Wildman–Crippen MR) is 97.8 cm³/mol. The van der Waals surface area contributed by atoms with E-state index in [4.69, 9.17) is 0 Å². The van der Waals surface area contributed by atoms with E-state index in [1.807, 2.05) is 46.7 Å². The van der Waals surface area contributed by atoms with Gasteiger partial charge in [-0.1, -0.05) is 24.3 Å². The highest BCUT2D eigenvalue weighted by Crippen LogP contribution is 2.14. The van der Waals surface area contributed by atoms with Gasteiger partial charge in [-0.25, -0.2) is 4.68 Å². The highest BCUT2D eigenvalue weighted by molar-refractivity contribution is 7.12. The number of thiophene rings is 1. The van der Waals surface area contributed by atoms with Crippen molar-refractivity contribution in [2.24, 2.45) is 0 Å². The number of nitrogens with zero attached hydrogens (tertiary/aromatic N) is 4. The highest BCUT2D eigenvalue weighted by atomic mass is 32.1. The minimum atomic E-state index is -0.0739. The van der Waals surface area contributed by atoms with Gasteiger partial charge in [0.1, 0.15) is 0 Å². The molecule has 0 N–H and O–H groups in total. The topological polar surface area (TPSA) is 58.4 Å². The van der Waals surface area contributed by atoms with Crippen LogP contribution in [0.1, 0.15) is 9.67 Å². The molecular weight excluding hydrogens is 336 g/mol. The van der Waals surface area contributed by atoms with Crippen LogP contribution in [0.4, 0.5) is 0 Å². The van der Waals surface area contributed by atoms with Gasteiger partial charge in [0.05, 0.1) is 23.1 Å². The molecule has 0 radical (unpaired) electrons. The van der Waals surface area contributed by atoms with Crippen LogP contribution in [0.25, 0.3) is 10.8 Å². The fourth-order valence-electron chi connectivity index (χ4n) is 3.07. The van der Waals surface area contributed by atoms with E-state index in [0.29, 0.717) is 25.1 Å². The molecule has 4 rings (SSSR count). The number of rotatable bonds is 3. The summed E-state index contributed by atoms with van der Waals surface area (Å²) in [6.07, 6.45) is 1.73. The lowest BCUT2D eigenvalue weighted by Crippen LogP contribution is -2.49. The number of hydrogen-bond donors (Lipinski definition) is 0. The summed E-state index contributed by atoms with van der Waals surface area (Å²) in [5.41, 5.74) is -0.0739. The quantitative estimate of drug-likeness (QED) is 0.721. The van der Waals surface area contributed by atoms with Gasteiger partial charge in [0.25, 0.3) is 11.5 Å². The number of carbonyl (C=O) groups is 1. The predicted octanol–water partition coefficient (Wildman–Crippen LogP) is 1.87. The zero-order valence-corrected chi connectivity index (χ0v) is 14.5. The van der Waals surface area contributed by atoms with Gasteiger partial charge >= 0.3 is 0 Å². The molecule has 1 saturated heterocycles. The maximum absolute atomic E-state index is 12.5. The number of piperazine rings is 1. The summed E-state index contributed by atoms with van der Waals surface area (Å²) >= 11 is 1.47. The molecule has 25 heavy (non-hydrogen) atoms. The Bertz CT molecular complexity index is 943. The van der Waals surface area contributed by atoms with E-state index in [0.717, 1.165) is 23.4 Å². The normalized spacial score (nSPS) is 15.6. The van der Waals surface area contributed by atoms with Crippen LogP contribution in [0.2, 0.25) is 0 Å². The SMILES string of the molecule is O=C(c1cccs1)N1CCN(Cn2ncc3ccccc3c2=O)CC1. The van der Waals surface area contributed by atoms with Crippen LogP contribution in [0.3, 0.4) is 0 Å². The molecule has 1 aromatic carbocycles. The second-order valence-corrected chi connectivity index (χ2v) is 7.01. The third kappa shape index (κ3) is 3.20. The van der Waals surface area contributed by atoms with Gasteiger partial charge in [-0.05, 0) is 17.5 Å².